The molecule has 0 amide bonds. The molecule has 0 unspecified atom stereocenters. The van der Waals surface area contributed by atoms with Gasteiger partial charge in [0.1, 0.15) is 11.7 Å². The van der Waals surface area contributed by atoms with E-state index < -0.39 is 47.5 Å². The Morgan fingerprint density at radius 2 is 1.60 bits per heavy atom. The minimum absolute atomic E-state index is 0.191. The third-order valence-electron chi connectivity index (χ3n) is 8.97. The number of carbonyl (C=O) groups is 4. The summed E-state index contributed by atoms with van der Waals surface area (Å²) in [6.07, 6.45) is 14.0. The molecular weight excluding hydrogens is 620 g/mol. The van der Waals surface area contributed by atoms with Crippen molar-refractivity contribution in [3.05, 3.63) is 59.8 Å². The molecule has 0 saturated carbocycles. The first-order chi connectivity index (χ1) is 22.5. The second-order valence-corrected chi connectivity index (χ2v) is 13.7. The highest BCUT2D eigenvalue weighted by atomic mass is 16.7. The molecule has 268 valence electrons. The number of hydrogen-bond donors (Lipinski definition) is 4. The predicted octanol–water partition coefficient (Wildman–Crippen LogP) is 6.38. The molecule has 0 aromatic heterocycles. The average Bonchev–Trinajstić information content (AvgIpc) is 3.01. The van der Waals surface area contributed by atoms with Gasteiger partial charge in [-0.2, -0.15) is 0 Å². The Bertz CT molecular complexity index is 1280. The number of esters is 1. The molecule has 11 nitrogen and oxygen atoms in total. The second kappa shape index (κ2) is 18.9. The molecule has 0 aromatic rings. The summed E-state index contributed by atoms with van der Waals surface area (Å²) in [5.41, 5.74) is 0.292. The molecule has 0 bridgehead atoms. The van der Waals surface area contributed by atoms with Gasteiger partial charge in [-0.25, -0.2) is 9.59 Å². The zero-order valence-electron chi connectivity index (χ0n) is 29.1. The highest BCUT2D eigenvalue weighted by Gasteiger charge is 2.54. The third kappa shape index (κ3) is 13.5. The van der Waals surface area contributed by atoms with Gasteiger partial charge in [0, 0.05) is 30.9 Å². The van der Waals surface area contributed by atoms with Crippen LogP contribution >= 0.6 is 0 Å². The number of rotatable bonds is 17. The van der Waals surface area contributed by atoms with Crippen molar-refractivity contribution < 1.29 is 53.8 Å². The van der Waals surface area contributed by atoms with E-state index in [1.807, 2.05) is 13.0 Å². The first-order valence-electron chi connectivity index (χ1n) is 16.8. The maximum absolute atomic E-state index is 13.0. The number of carboxylic acids is 3. The molecule has 11 heteroatoms. The van der Waals surface area contributed by atoms with Crippen LogP contribution in [0.5, 0.6) is 0 Å². The zero-order chi connectivity index (χ0) is 36.1. The molecule has 0 aromatic carbocycles. The van der Waals surface area contributed by atoms with Crippen molar-refractivity contribution in [1.29, 1.82) is 0 Å². The maximum atomic E-state index is 13.0. The van der Waals surface area contributed by atoms with Crippen LogP contribution in [-0.2, 0) is 33.4 Å². The minimum Gasteiger partial charge on any atom is -0.481 e. The Kier molecular flexibility index (Phi) is 16.0. The average molecular weight is 675 g/mol. The van der Waals surface area contributed by atoms with Crippen molar-refractivity contribution >= 4 is 23.9 Å². The van der Waals surface area contributed by atoms with Gasteiger partial charge in [-0.15, -0.1) is 0 Å². The van der Waals surface area contributed by atoms with Crippen LogP contribution in [0.25, 0.3) is 0 Å². The van der Waals surface area contributed by atoms with Crippen LogP contribution in [0.2, 0.25) is 0 Å². The SMILES string of the molecule is CC(/C=C/[C@H](O)[C@@H](C)/C=C/C(=O)O)=C\C[C@@H]1O[C@@]2(CC[C@H]1C)CC[C@](CCC(C)C)(OC(=O)CCC(=O)O)[C@@H](/C=C/C(C)=C/C(=O)O)O2. The lowest BCUT2D eigenvalue weighted by atomic mass is 9.77. The van der Waals surface area contributed by atoms with Crippen molar-refractivity contribution in [2.45, 2.75) is 129 Å². The molecule has 2 heterocycles. The molecule has 4 N–H and O–H groups in total. The Labute approximate surface area is 284 Å². The number of aliphatic hydroxyl groups excluding tert-OH is 1. The smallest absolute Gasteiger partial charge is 0.328 e. The summed E-state index contributed by atoms with van der Waals surface area (Å²) in [6.45, 7) is 11.5. The summed E-state index contributed by atoms with van der Waals surface area (Å²) in [5, 5.41) is 37.6. The van der Waals surface area contributed by atoms with Crippen LogP contribution < -0.4 is 0 Å². The van der Waals surface area contributed by atoms with E-state index in [1.165, 1.54) is 6.08 Å². The Balaban J connectivity index is 2.34. The number of hydrogen-bond acceptors (Lipinski definition) is 8. The summed E-state index contributed by atoms with van der Waals surface area (Å²) < 4.78 is 19.6. The monoisotopic (exact) mass is 674 g/mol. The largest absolute Gasteiger partial charge is 0.481 e. The van der Waals surface area contributed by atoms with Crippen LogP contribution in [0, 0.1) is 17.8 Å². The molecule has 2 fully saturated rings. The maximum Gasteiger partial charge on any atom is 0.328 e. The van der Waals surface area contributed by atoms with Crippen molar-refractivity contribution in [3.8, 4) is 0 Å². The lowest BCUT2D eigenvalue weighted by Gasteiger charge is -2.53. The van der Waals surface area contributed by atoms with E-state index in [4.69, 9.17) is 24.4 Å². The van der Waals surface area contributed by atoms with Crippen molar-refractivity contribution in [3.63, 3.8) is 0 Å². The van der Waals surface area contributed by atoms with Crippen molar-refractivity contribution in [2.24, 2.45) is 17.8 Å². The Morgan fingerprint density at radius 1 is 0.896 bits per heavy atom. The molecule has 2 rings (SSSR count). The van der Waals surface area contributed by atoms with Crippen LogP contribution in [-0.4, -0.2) is 74.0 Å². The van der Waals surface area contributed by atoms with Gasteiger partial charge in [0.05, 0.1) is 25.0 Å². The van der Waals surface area contributed by atoms with E-state index in [0.717, 1.165) is 30.6 Å². The quantitative estimate of drug-likeness (QED) is 0.0765. The van der Waals surface area contributed by atoms with Gasteiger partial charge in [-0.05, 0) is 63.4 Å². The van der Waals surface area contributed by atoms with Gasteiger partial charge >= 0.3 is 23.9 Å². The fourth-order valence-corrected chi connectivity index (χ4v) is 5.86. The van der Waals surface area contributed by atoms with Gasteiger partial charge in [-0.1, -0.05) is 69.7 Å². The lowest BCUT2D eigenvalue weighted by Crippen LogP contribution is -2.59. The molecule has 1 spiro atoms. The van der Waals surface area contributed by atoms with E-state index in [0.29, 0.717) is 43.6 Å². The van der Waals surface area contributed by atoms with Crippen molar-refractivity contribution in [2.75, 3.05) is 0 Å². The fourth-order valence-electron chi connectivity index (χ4n) is 5.86. The van der Waals surface area contributed by atoms with Crippen molar-refractivity contribution in [1.82, 2.24) is 0 Å². The van der Waals surface area contributed by atoms with E-state index >= 15 is 0 Å². The predicted molar refractivity (Wildman–Crippen MR) is 180 cm³/mol. The minimum atomic E-state index is -1.10. The van der Waals surface area contributed by atoms with Gasteiger partial charge in [-0.3, -0.25) is 9.59 Å². The summed E-state index contributed by atoms with van der Waals surface area (Å²) in [7, 11) is 0. The summed E-state index contributed by atoms with van der Waals surface area (Å²) in [4.78, 5) is 46.2. The van der Waals surface area contributed by atoms with E-state index in [9.17, 15) is 29.4 Å². The molecule has 0 radical (unpaired) electrons. The van der Waals surface area contributed by atoms with Gasteiger partial charge < -0.3 is 34.6 Å². The Hall–Kier alpha value is -3.54. The van der Waals surface area contributed by atoms with Crippen LogP contribution in [0.4, 0.5) is 0 Å². The van der Waals surface area contributed by atoms with E-state index in [2.05, 4.69) is 20.8 Å². The summed E-state index contributed by atoms with van der Waals surface area (Å²) in [5.74, 6) is -4.71. The number of carboxylic acid groups (broad SMARTS) is 3. The van der Waals surface area contributed by atoms with Crippen LogP contribution in [0.1, 0.15) is 99.3 Å². The highest BCUT2D eigenvalue weighted by molar-refractivity contribution is 5.81. The van der Waals surface area contributed by atoms with Crippen LogP contribution in [0.3, 0.4) is 0 Å². The lowest BCUT2D eigenvalue weighted by molar-refractivity contribution is -0.345. The van der Waals surface area contributed by atoms with Gasteiger partial charge in [0.25, 0.3) is 0 Å². The highest BCUT2D eigenvalue weighted by Crippen LogP contribution is 2.48. The normalized spacial score (nSPS) is 28.4. The van der Waals surface area contributed by atoms with Crippen LogP contribution in [0.15, 0.2) is 59.8 Å². The fraction of sp³-hybridized carbons (Fsp3) is 0.622. The number of allylic oxidation sites excluding steroid dienone is 4. The molecule has 2 aliphatic rings. The number of ether oxygens (including phenoxy) is 3. The van der Waals surface area contributed by atoms with Gasteiger partial charge in [0.2, 0.25) is 0 Å². The third-order valence-corrected chi connectivity index (χ3v) is 8.97. The second-order valence-electron chi connectivity index (χ2n) is 13.7. The molecule has 2 saturated heterocycles. The molecular formula is C37H54O11. The standard InChI is InChI=1S/C37H54O11/c1-24(2)17-19-36(48-35(45)16-15-33(41)42)21-22-37(47-31(36)13-9-26(4)23-34(43)44)20-18-28(6)30(46-37)12-8-25(3)7-11-29(38)27(5)10-14-32(39)40/h7-11,13-14,23-24,27-31,38H,12,15-22H2,1-6H3,(H,39,40)(H,41,42)(H,43,44)/b11-7+,13-9+,14-10+,25-8+,26-23+/t27-,28+,29-,30-,31+,36-,37+/m0/s1. The first-order valence-corrected chi connectivity index (χ1v) is 16.8. The molecule has 2 aliphatic heterocycles. The molecule has 48 heavy (non-hydrogen) atoms. The summed E-state index contributed by atoms with van der Waals surface area (Å²) in [6, 6.07) is 0. The zero-order valence-corrected chi connectivity index (χ0v) is 29.1. The van der Waals surface area contributed by atoms with E-state index in [1.54, 1.807) is 38.2 Å². The topological polar surface area (TPSA) is 177 Å². The number of aliphatic hydroxyl groups is 1. The molecule has 7 atom stereocenters. The van der Waals surface area contributed by atoms with E-state index in [-0.39, 0.29) is 30.8 Å². The number of carbonyl (C=O) groups excluding carboxylic acids is 1. The molecule has 0 aliphatic carbocycles. The Morgan fingerprint density at radius 3 is 2.23 bits per heavy atom. The number of aliphatic carboxylic acids is 3. The summed E-state index contributed by atoms with van der Waals surface area (Å²) >= 11 is 0. The van der Waals surface area contributed by atoms with Gasteiger partial charge in [0.15, 0.2) is 5.79 Å². The first kappa shape index (κ1) is 40.6.